The van der Waals surface area contributed by atoms with Crippen LogP contribution in [-0.2, 0) is 76.5 Å². The van der Waals surface area contributed by atoms with Crippen LogP contribution in [0.4, 0.5) is 0 Å². The summed E-state index contributed by atoms with van der Waals surface area (Å²) < 4.78 is 21.4. The number of amides is 6. The van der Waals surface area contributed by atoms with Gasteiger partial charge in [0, 0.05) is 64.1 Å². The highest BCUT2D eigenvalue weighted by Crippen LogP contribution is 2.16. The van der Waals surface area contributed by atoms with Crippen LogP contribution in [0.5, 0.6) is 0 Å². The molecule has 0 fully saturated rings. The third kappa shape index (κ3) is 46.1. The highest BCUT2D eigenvalue weighted by molar-refractivity contribution is 5.89. The normalized spacial score (nSPS) is 13.2. The maximum atomic E-state index is 12.6. The molecular weight excluding hydrogens is 1130 g/mol. The van der Waals surface area contributed by atoms with E-state index in [1.807, 2.05) is 6.92 Å². The summed E-state index contributed by atoms with van der Waals surface area (Å²) in [5, 5.41) is 62.3. The Morgan fingerprint density at radius 1 is 0.395 bits per heavy atom. The number of carboxylic acid groups (broad SMARTS) is 4. The summed E-state index contributed by atoms with van der Waals surface area (Å²) in [5.74, 6) is -9.05. The topological polar surface area (TPSA) is 415 Å². The van der Waals surface area contributed by atoms with E-state index >= 15 is 0 Å². The Balaban J connectivity index is 4.15. The van der Waals surface area contributed by atoms with Crippen LogP contribution in [0.15, 0.2) is 0 Å². The SMILES string of the molecule is CC[C@@H](CCCCNC(=O)COCCOCCNC(=O)COCCOCCCC(=O)CC[C@H](NC(=O)CCC(NC(=O)CC[C@H](NC(=O)CCCCCCCCCCCCCCCCC(=O)O)C(=O)O)C(=O)O)C(=O)O)C(=O)N[C@H](C(C)=O)C(C)O. The Morgan fingerprint density at radius 3 is 1.23 bits per heavy atom. The minimum atomic E-state index is -1.57. The number of aliphatic hydroxyl groups excluding tert-OH is 1. The predicted octanol–water partition coefficient (Wildman–Crippen LogP) is 3.66. The highest BCUT2D eigenvalue weighted by atomic mass is 16.5. The van der Waals surface area contributed by atoms with Gasteiger partial charge in [-0.2, -0.15) is 0 Å². The summed E-state index contributed by atoms with van der Waals surface area (Å²) in [6, 6.07) is -5.36. The van der Waals surface area contributed by atoms with Crippen molar-refractivity contribution in [1.29, 1.82) is 0 Å². The number of carbonyl (C=O) groups is 12. The molecule has 2 unspecified atom stereocenters. The number of hydrogen-bond donors (Lipinski definition) is 11. The van der Waals surface area contributed by atoms with Crippen molar-refractivity contribution in [3.63, 3.8) is 0 Å². The second-order valence-corrected chi connectivity index (χ2v) is 21.4. The summed E-state index contributed by atoms with van der Waals surface area (Å²) >= 11 is 0. The van der Waals surface area contributed by atoms with Crippen LogP contribution < -0.4 is 31.9 Å². The van der Waals surface area contributed by atoms with Crippen LogP contribution >= 0.6 is 0 Å². The largest absolute Gasteiger partial charge is 0.481 e. The molecule has 0 radical (unpaired) electrons. The third-order valence-corrected chi connectivity index (χ3v) is 13.9. The van der Waals surface area contributed by atoms with Gasteiger partial charge in [-0.05, 0) is 71.6 Å². The number of aliphatic carboxylic acids is 4. The zero-order valence-corrected chi connectivity index (χ0v) is 51.1. The fraction of sp³-hybridized carbons (Fsp3) is 0.797. The van der Waals surface area contributed by atoms with Crippen molar-refractivity contribution in [3.05, 3.63) is 0 Å². The van der Waals surface area contributed by atoms with Gasteiger partial charge in [0.05, 0.1) is 39.1 Å². The van der Waals surface area contributed by atoms with Gasteiger partial charge >= 0.3 is 23.9 Å². The summed E-state index contributed by atoms with van der Waals surface area (Å²) in [6.45, 7) is 5.79. The molecule has 0 aromatic carbocycles. The van der Waals surface area contributed by atoms with Gasteiger partial charge in [-0.3, -0.25) is 43.2 Å². The van der Waals surface area contributed by atoms with E-state index in [2.05, 4.69) is 31.9 Å². The number of Topliss-reactive ketones (excluding diaryl/α,β-unsaturated/α-hetero) is 2. The van der Waals surface area contributed by atoms with E-state index in [9.17, 15) is 78.0 Å². The van der Waals surface area contributed by atoms with Gasteiger partial charge in [-0.25, -0.2) is 14.4 Å². The number of rotatable bonds is 59. The summed E-state index contributed by atoms with van der Waals surface area (Å²) in [7, 11) is 0. The minimum Gasteiger partial charge on any atom is -0.481 e. The summed E-state index contributed by atoms with van der Waals surface area (Å²) in [6.07, 6.45) is 14.2. The first-order chi connectivity index (χ1) is 41.1. The molecule has 86 heavy (non-hydrogen) atoms. The molecule has 0 aliphatic rings. The van der Waals surface area contributed by atoms with Crippen LogP contribution in [0, 0.1) is 5.92 Å². The second kappa shape index (κ2) is 52.0. The molecular formula is C59H102N6O21. The summed E-state index contributed by atoms with van der Waals surface area (Å²) in [5.41, 5.74) is 0. The molecule has 0 aromatic rings. The van der Waals surface area contributed by atoms with Gasteiger partial charge in [-0.15, -0.1) is 0 Å². The van der Waals surface area contributed by atoms with Crippen molar-refractivity contribution in [3.8, 4) is 0 Å². The second-order valence-electron chi connectivity index (χ2n) is 21.4. The molecule has 0 aliphatic carbocycles. The van der Waals surface area contributed by atoms with Crippen molar-refractivity contribution in [1.82, 2.24) is 31.9 Å². The van der Waals surface area contributed by atoms with Crippen molar-refractivity contribution in [2.75, 3.05) is 65.9 Å². The molecule has 0 heterocycles. The van der Waals surface area contributed by atoms with Crippen LogP contribution in [0.3, 0.4) is 0 Å². The van der Waals surface area contributed by atoms with E-state index < -0.39 is 91.1 Å². The van der Waals surface area contributed by atoms with Gasteiger partial charge < -0.3 is 76.4 Å². The van der Waals surface area contributed by atoms with Crippen molar-refractivity contribution in [2.45, 2.75) is 231 Å². The quantitative estimate of drug-likeness (QED) is 0.0387. The van der Waals surface area contributed by atoms with Gasteiger partial charge in [0.1, 0.15) is 43.2 Å². The van der Waals surface area contributed by atoms with Crippen LogP contribution in [0.2, 0.25) is 0 Å². The fourth-order valence-electron chi connectivity index (χ4n) is 8.84. The number of hydrogen-bond acceptors (Lipinski definition) is 17. The lowest BCUT2D eigenvalue weighted by Crippen LogP contribution is -2.48. The molecule has 0 aromatic heterocycles. The Kier molecular flexibility index (Phi) is 48.3. The Morgan fingerprint density at radius 2 is 0.802 bits per heavy atom. The monoisotopic (exact) mass is 1230 g/mol. The molecule has 6 amide bonds. The lowest BCUT2D eigenvalue weighted by atomic mass is 9.97. The maximum absolute atomic E-state index is 12.6. The molecule has 27 heteroatoms. The number of nitrogens with one attached hydrogen (secondary N) is 6. The standard InChI is InChI=1S/C59H102N6O21/c1-4-44(56(76)65-55(42(2)66)43(3)67)22-19-20-32-60-52(72)40-86-39-37-84-35-33-61-53(73)41-85-38-36-83-34-21-23-45(68)26-27-46(57(77)78)63-50(70)31-29-48(59(81)82)64-51(71)30-28-47(58(79)80)62-49(69)24-17-15-13-11-9-7-5-6-8-10-12-14-16-18-25-54(74)75/h42,44,46-48,55,66H,4-41H2,1-3H3,(H,60,72)(H,61,73)(H,62,69)(H,63,70)(H,64,71)(H,65,76)(H,74,75)(H,77,78)(H,79,80)(H,81,82)/t42?,44-,46-,47-,48?,55-/m0/s1. The fourth-order valence-corrected chi connectivity index (χ4v) is 8.84. The molecule has 0 saturated heterocycles. The van der Waals surface area contributed by atoms with E-state index in [0.717, 1.165) is 70.6 Å². The molecule has 0 bridgehead atoms. The maximum Gasteiger partial charge on any atom is 0.326 e. The first-order valence-electron chi connectivity index (χ1n) is 30.7. The minimum absolute atomic E-state index is 0.0584. The van der Waals surface area contributed by atoms with E-state index in [4.69, 9.17) is 24.1 Å². The Bertz CT molecular complexity index is 2010. The molecule has 494 valence electrons. The third-order valence-electron chi connectivity index (χ3n) is 13.9. The number of aliphatic hydroxyl groups is 1. The lowest BCUT2D eigenvalue weighted by Gasteiger charge is -2.22. The average Bonchev–Trinajstić information content (AvgIpc) is 3.67. The van der Waals surface area contributed by atoms with E-state index in [-0.39, 0.29) is 133 Å². The molecule has 27 nitrogen and oxygen atoms in total. The molecule has 6 atom stereocenters. The molecule has 0 aliphatic heterocycles. The molecule has 0 spiro atoms. The first kappa shape index (κ1) is 79.8. The zero-order chi connectivity index (χ0) is 64.3. The van der Waals surface area contributed by atoms with Gasteiger partial charge in [0.15, 0.2) is 5.78 Å². The smallest absolute Gasteiger partial charge is 0.326 e. The molecule has 0 saturated carbocycles. The van der Waals surface area contributed by atoms with Gasteiger partial charge in [0.2, 0.25) is 35.4 Å². The first-order valence-corrected chi connectivity index (χ1v) is 30.7. The van der Waals surface area contributed by atoms with Crippen LogP contribution in [0.1, 0.15) is 201 Å². The lowest BCUT2D eigenvalue weighted by molar-refractivity contribution is -0.144. The number of carbonyl (C=O) groups excluding carboxylic acids is 8. The van der Waals surface area contributed by atoms with E-state index in [1.54, 1.807) is 0 Å². The summed E-state index contributed by atoms with van der Waals surface area (Å²) in [4.78, 5) is 145. The molecule has 11 N–H and O–H groups in total. The average molecular weight is 1230 g/mol. The van der Waals surface area contributed by atoms with Crippen LogP contribution in [-0.4, -0.2) is 193 Å². The Labute approximate surface area is 506 Å². The van der Waals surface area contributed by atoms with Gasteiger partial charge in [-0.1, -0.05) is 90.4 Å². The van der Waals surface area contributed by atoms with Crippen molar-refractivity contribution < 1.29 is 102 Å². The Hall–Kier alpha value is -6.16. The van der Waals surface area contributed by atoms with Crippen molar-refractivity contribution >= 4 is 70.9 Å². The highest BCUT2D eigenvalue weighted by Gasteiger charge is 2.28. The number of ketones is 2. The number of ether oxygens (including phenoxy) is 4. The van der Waals surface area contributed by atoms with E-state index in [1.165, 1.54) is 26.7 Å². The predicted molar refractivity (Wildman–Crippen MR) is 313 cm³/mol. The van der Waals surface area contributed by atoms with E-state index in [0.29, 0.717) is 45.1 Å². The number of carboxylic acids is 4. The van der Waals surface area contributed by atoms with Crippen LogP contribution in [0.25, 0.3) is 0 Å². The molecule has 0 rings (SSSR count). The number of unbranched alkanes of at least 4 members (excludes halogenated alkanes) is 14. The van der Waals surface area contributed by atoms with Crippen molar-refractivity contribution in [2.24, 2.45) is 5.92 Å². The van der Waals surface area contributed by atoms with Gasteiger partial charge in [0.25, 0.3) is 0 Å². The zero-order valence-electron chi connectivity index (χ0n) is 51.1.